The molecule has 0 unspecified atom stereocenters. The molecule has 0 bridgehead atoms. The molecule has 0 aliphatic rings. The van der Waals surface area contributed by atoms with Gasteiger partial charge in [-0.3, -0.25) is 9.59 Å². The first-order valence-corrected chi connectivity index (χ1v) is 10.5. The normalized spacial score (nSPS) is 12.0. The first-order chi connectivity index (χ1) is 10.5. The number of rotatable bonds is 7. The summed E-state index contributed by atoms with van der Waals surface area (Å²) in [5, 5.41) is 16.7. The highest BCUT2D eigenvalue weighted by molar-refractivity contribution is 8.01. The van der Waals surface area contributed by atoms with Gasteiger partial charge in [0.05, 0.1) is 6.61 Å². The predicted molar refractivity (Wildman–Crippen MR) is 92.3 cm³/mol. The van der Waals surface area contributed by atoms with E-state index in [4.69, 9.17) is 14.6 Å². The van der Waals surface area contributed by atoms with Gasteiger partial charge >= 0.3 is 11.9 Å². The van der Waals surface area contributed by atoms with Crippen LogP contribution in [0, 0.1) is 0 Å². The van der Waals surface area contributed by atoms with E-state index in [9.17, 15) is 9.59 Å². The number of carboxylic acid groups (broad SMARTS) is 2. The van der Waals surface area contributed by atoms with Crippen molar-refractivity contribution in [1.82, 2.24) is 0 Å². The van der Waals surface area contributed by atoms with E-state index in [0.717, 1.165) is 22.9 Å². The molecule has 7 heteroatoms. The Morgan fingerprint density at radius 1 is 1.22 bits per heavy atom. The lowest BCUT2D eigenvalue weighted by Crippen LogP contribution is -2.27. The maximum absolute atomic E-state index is 11.2. The molecule has 0 aliphatic heterocycles. The Hall–Kier alpha value is -1.31. The molecule has 0 aliphatic carbocycles. The van der Waals surface area contributed by atoms with Crippen molar-refractivity contribution in [3.63, 3.8) is 0 Å². The average Bonchev–Trinajstić information content (AvgIpc) is 2.40. The van der Waals surface area contributed by atoms with Crippen molar-refractivity contribution in [3.8, 4) is 0 Å². The van der Waals surface area contributed by atoms with Gasteiger partial charge in [0.2, 0.25) is 14.3 Å². The summed E-state index contributed by atoms with van der Waals surface area (Å²) < 4.78 is 5.78. The van der Waals surface area contributed by atoms with E-state index < -0.39 is 26.2 Å². The number of carboxylic acids is 2. The number of benzene rings is 1. The highest BCUT2D eigenvalue weighted by Gasteiger charge is 2.30. The third-order valence-corrected chi connectivity index (χ3v) is 5.03. The fraction of sp³-hybridized carbons (Fsp3) is 0.500. The second kappa shape index (κ2) is 7.99. The fourth-order valence-corrected chi connectivity index (χ4v) is 3.81. The Balaban J connectivity index is 3.28. The Morgan fingerprint density at radius 2 is 1.78 bits per heavy atom. The standard InChI is InChI=1S/C16H23O5SSi/c1-16(2,3)12-10(9-21-23(4)5)7-6-8-11(12)22-13(14(17)18)15(19)20/h6-8,13H,9H2,1-5H3,(H,17,18)(H,19,20). The first-order valence-electron chi connectivity index (χ1n) is 7.21. The molecule has 1 radical (unpaired) electrons. The van der Waals surface area contributed by atoms with Crippen LogP contribution in [0.15, 0.2) is 23.1 Å². The van der Waals surface area contributed by atoms with Crippen molar-refractivity contribution in [2.24, 2.45) is 0 Å². The minimum absolute atomic E-state index is 0.252. The molecule has 1 aromatic carbocycles. The lowest BCUT2D eigenvalue weighted by molar-refractivity contribution is -0.146. The van der Waals surface area contributed by atoms with Gasteiger partial charge in [0.1, 0.15) is 0 Å². The van der Waals surface area contributed by atoms with Crippen LogP contribution >= 0.6 is 11.8 Å². The Morgan fingerprint density at radius 3 is 2.22 bits per heavy atom. The van der Waals surface area contributed by atoms with E-state index >= 15 is 0 Å². The third kappa shape index (κ3) is 5.67. The molecule has 1 rings (SSSR count). The zero-order valence-corrected chi connectivity index (χ0v) is 15.9. The van der Waals surface area contributed by atoms with Crippen LogP contribution in [0.1, 0.15) is 31.9 Å². The van der Waals surface area contributed by atoms with Crippen LogP contribution in [0.4, 0.5) is 0 Å². The van der Waals surface area contributed by atoms with Gasteiger partial charge in [-0.1, -0.05) is 44.7 Å². The second-order valence-electron chi connectivity index (χ2n) is 6.41. The summed E-state index contributed by atoms with van der Waals surface area (Å²) in [5.41, 5.74) is 1.67. The summed E-state index contributed by atoms with van der Waals surface area (Å²) in [7, 11) is -0.851. The summed E-state index contributed by atoms with van der Waals surface area (Å²) in [5.74, 6) is -2.70. The van der Waals surface area contributed by atoms with Crippen LogP contribution in [0.25, 0.3) is 0 Å². The van der Waals surface area contributed by atoms with Crippen molar-refractivity contribution >= 4 is 32.7 Å². The Labute approximate surface area is 142 Å². The van der Waals surface area contributed by atoms with Crippen molar-refractivity contribution in [2.75, 3.05) is 0 Å². The lowest BCUT2D eigenvalue weighted by Gasteiger charge is -2.27. The molecule has 0 saturated carbocycles. The lowest BCUT2D eigenvalue weighted by atomic mass is 9.84. The molecular formula is C16H23O5SSi. The summed E-state index contributed by atoms with van der Waals surface area (Å²) >= 11 is 0.861. The van der Waals surface area contributed by atoms with E-state index in [1.54, 1.807) is 6.07 Å². The van der Waals surface area contributed by atoms with Crippen LogP contribution < -0.4 is 0 Å². The van der Waals surface area contributed by atoms with Gasteiger partial charge in [0.25, 0.3) is 0 Å². The largest absolute Gasteiger partial charge is 0.480 e. The number of carbonyl (C=O) groups is 2. The minimum Gasteiger partial charge on any atom is -0.480 e. The van der Waals surface area contributed by atoms with Crippen LogP contribution in [0.5, 0.6) is 0 Å². The van der Waals surface area contributed by atoms with Gasteiger partial charge in [-0.15, -0.1) is 0 Å². The van der Waals surface area contributed by atoms with E-state index in [2.05, 4.69) is 0 Å². The molecule has 0 spiro atoms. The molecule has 0 amide bonds. The zero-order valence-electron chi connectivity index (χ0n) is 14.0. The molecule has 127 valence electrons. The molecule has 0 aromatic heterocycles. The number of aliphatic carboxylic acids is 2. The molecule has 1 aromatic rings. The van der Waals surface area contributed by atoms with Gasteiger partial charge < -0.3 is 14.6 Å². The smallest absolute Gasteiger partial charge is 0.328 e. The first kappa shape index (κ1) is 19.7. The molecule has 23 heavy (non-hydrogen) atoms. The van der Waals surface area contributed by atoms with Crippen LogP contribution in [-0.2, 0) is 26.0 Å². The Kier molecular flexibility index (Phi) is 6.85. The molecular weight excluding hydrogens is 332 g/mol. The van der Waals surface area contributed by atoms with Gasteiger partial charge in [0.15, 0.2) is 0 Å². The molecule has 0 heterocycles. The van der Waals surface area contributed by atoms with E-state index in [1.165, 1.54) is 0 Å². The second-order valence-corrected chi connectivity index (χ2v) is 9.66. The highest BCUT2D eigenvalue weighted by Crippen LogP contribution is 2.37. The number of hydrogen-bond acceptors (Lipinski definition) is 4. The summed E-state index contributed by atoms with van der Waals surface area (Å²) in [6.45, 7) is 10.6. The van der Waals surface area contributed by atoms with Crippen LogP contribution in [-0.4, -0.2) is 36.4 Å². The van der Waals surface area contributed by atoms with Crippen molar-refractivity contribution in [2.45, 2.75) is 56.0 Å². The fourth-order valence-electron chi connectivity index (χ4n) is 2.20. The van der Waals surface area contributed by atoms with Crippen molar-refractivity contribution < 1.29 is 24.2 Å². The van der Waals surface area contributed by atoms with Gasteiger partial charge in [0, 0.05) is 4.90 Å². The SMILES string of the molecule is C[Si](C)OCc1cccc(SC(C(=O)O)C(=O)O)c1C(C)(C)C. The van der Waals surface area contributed by atoms with Crippen LogP contribution in [0.3, 0.4) is 0 Å². The van der Waals surface area contributed by atoms with Crippen molar-refractivity contribution in [1.29, 1.82) is 0 Å². The highest BCUT2D eigenvalue weighted by atomic mass is 32.2. The van der Waals surface area contributed by atoms with E-state index in [0.29, 0.717) is 11.5 Å². The van der Waals surface area contributed by atoms with Gasteiger partial charge in [-0.25, -0.2) is 0 Å². The van der Waals surface area contributed by atoms with E-state index in [-0.39, 0.29) is 5.41 Å². The van der Waals surface area contributed by atoms with E-state index in [1.807, 2.05) is 46.0 Å². The topological polar surface area (TPSA) is 83.8 Å². The molecule has 0 fully saturated rings. The molecule has 0 atom stereocenters. The Bertz CT molecular complexity index is 566. The quantitative estimate of drug-likeness (QED) is 0.443. The minimum atomic E-state index is -1.52. The zero-order chi connectivity index (χ0) is 17.8. The van der Waals surface area contributed by atoms with Gasteiger partial charge in [-0.05, 0) is 35.7 Å². The third-order valence-electron chi connectivity index (χ3n) is 3.07. The van der Waals surface area contributed by atoms with Gasteiger partial charge in [-0.2, -0.15) is 0 Å². The average molecular weight is 356 g/mol. The predicted octanol–water partition coefficient (Wildman–Crippen LogP) is 3.38. The number of hydrogen-bond donors (Lipinski definition) is 2. The maximum atomic E-state index is 11.2. The van der Waals surface area contributed by atoms with Crippen LogP contribution in [0.2, 0.25) is 13.1 Å². The molecule has 2 N–H and O–H groups in total. The summed E-state index contributed by atoms with van der Waals surface area (Å²) in [6.07, 6.45) is 0. The van der Waals surface area contributed by atoms with Crippen molar-refractivity contribution in [3.05, 3.63) is 29.3 Å². The molecule has 0 saturated heterocycles. The number of thioether (sulfide) groups is 1. The summed E-state index contributed by atoms with van der Waals surface area (Å²) in [4.78, 5) is 23.0. The summed E-state index contributed by atoms with van der Waals surface area (Å²) in [6, 6.07) is 5.54. The molecule has 5 nitrogen and oxygen atoms in total. The maximum Gasteiger partial charge on any atom is 0.328 e. The monoisotopic (exact) mass is 355 g/mol.